The van der Waals surface area contributed by atoms with Crippen molar-refractivity contribution in [1.29, 1.82) is 0 Å². The van der Waals surface area contributed by atoms with Crippen LogP contribution >= 0.6 is 0 Å². The minimum Gasteiger partial charge on any atom is -0.377 e. The molecule has 1 aromatic heterocycles. The van der Waals surface area contributed by atoms with Crippen LogP contribution in [0.1, 0.15) is 29.0 Å². The smallest absolute Gasteiger partial charge is 0.257 e. The van der Waals surface area contributed by atoms with Gasteiger partial charge in [0.1, 0.15) is 11.9 Å². The number of nitrogens with one attached hydrogen (secondary N) is 1. The number of morpholine rings is 1. The van der Waals surface area contributed by atoms with E-state index in [-0.39, 0.29) is 11.9 Å². The molecule has 6 nitrogen and oxygen atoms in total. The topological polar surface area (TPSA) is 78.5 Å². The second-order valence-corrected chi connectivity index (χ2v) is 5.56. The summed E-state index contributed by atoms with van der Waals surface area (Å²) in [5, 5.41) is 10.1. The fraction of sp³-hybridized carbons (Fsp3) is 0.375. The van der Waals surface area contributed by atoms with E-state index in [1.807, 2.05) is 0 Å². The molecule has 2 atom stereocenters. The molecular formula is C16H18FN3O3. The Morgan fingerprint density at radius 3 is 3.09 bits per heavy atom. The Bertz CT molecular complexity index is 690. The number of aliphatic hydroxyl groups is 1. The lowest BCUT2D eigenvalue weighted by molar-refractivity contribution is -0.148. The van der Waals surface area contributed by atoms with Gasteiger partial charge in [0.2, 0.25) is 0 Å². The molecule has 1 aliphatic heterocycles. The Kier molecular flexibility index (Phi) is 4.40. The van der Waals surface area contributed by atoms with E-state index in [1.165, 1.54) is 18.6 Å². The number of H-pyrrole nitrogens is 1. The summed E-state index contributed by atoms with van der Waals surface area (Å²) in [5.74, 6) is -0.673. The minimum absolute atomic E-state index is 0.271. The highest BCUT2D eigenvalue weighted by Crippen LogP contribution is 2.25. The van der Waals surface area contributed by atoms with Crippen LogP contribution in [0.15, 0.2) is 30.7 Å². The van der Waals surface area contributed by atoms with Crippen molar-refractivity contribution in [2.45, 2.75) is 19.1 Å². The maximum atomic E-state index is 13.4. The maximum Gasteiger partial charge on any atom is 0.257 e. The van der Waals surface area contributed by atoms with Crippen molar-refractivity contribution in [2.24, 2.45) is 0 Å². The average Bonchev–Trinajstić information content (AvgIpc) is 3.10. The highest BCUT2D eigenvalue weighted by atomic mass is 19.1. The molecular weight excluding hydrogens is 301 g/mol. The predicted molar refractivity (Wildman–Crippen MR) is 80.0 cm³/mol. The van der Waals surface area contributed by atoms with Gasteiger partial charge in [-0.25, -0.2) is 9.37 Å². The monoisotopic (exact) mass is 319 g/mol. The predicted octanol–water partition coefficient (Wildman–Crippen LogP) is 1.49. The molecule has 2 unspecified atom stereocenters. The third-order valence-electron chi connectivity index (χ3n) is 3.98. The number of carbonyl (C=O) groups is 1. The number of ether oxygens (including phenoxy) is 1. The van der Waals surface area contributed by atoms with E-state index in [9.17, 15) is 14.3 Å². The first kappa shape index (κ1) is 15.6. The van der Waals surface area contributed by atoms with Gasteiger partial charge in [-0.3, -0.25) is 4.79 Å². The molecule has 1 fully saturated rings. The van der Waals surface area contributed by atoms with Gasteiger partial charge in [-0.2, -0.15) is 0 Å². The minimum atomic E-state index is -1.27. The number of carbonyl (C=O) groups excluding carboxylic acids is 1. The molecule has 2 N–H and O–H groups in total. The Hall–Kier alpha value is -2.25. The second kappa shape index (κ2) is 6.47. The van der Waals surface area contributed by atoms with Gasteiger partial charge >= 0.3 is 0 Å². The van der Waals surface area contributed by atoms with E-state index in [2.05, 4.69) is 9.97 Å². The third-order valence-corrected chi connectivity index (χ3v) is 3.98. The first-order valence-corrected chi connectivity index (χ1v) is 7.39. The molecule has 1 saturated heterocycles. The quantitative estimate of drug-likeness (QED) is 0.898. The Balaban J connectivity index is 1.72. The Labute approximate surface area is 132 Å². The van der Waals surface area contributed by atoms with Gasteiger partial charge in [-0.05, 0) is 24.1 Å². The van der Waals surface area contributed by atoms with Crippen LogP contribution in [-0.4, -0.2) is 45.6 Å². The van der Waals surface area contributed by atoms with Gasteiger partial charge < -0.3 is 19.7 Å². The van der Waals surface area contributed by atoms with Crippen LogP contribution in [-0.2, 0) is 9.53 Å². The van der Waals surface area contributed by atoms with Gasteiger partial charge in [0.15, 0.2) is 6.10 Å². The van der Waals surface area contributed by atoms with Crippen molar-refractivity contribution in [3.63, 3.8) is 0 Å². The lowest BCUT2D eigenvalue weighted by Crippen LogP contribution is -2.44. The van der Waals surface area contributed by atoms with E-state index in [1.54, 1.807) is 24.0 Å². The zero-order chi connectivity index (χ0) is 16.4. The second-order valence-electron chi connectivity index (χ2n) is 5.56. The molecule has 1 aromatic carbocycles. The van der Waals surface area contributed by atoms with Crippen LogP contribution in [0.25, 0.3) is 0 Å². The van der Waals surface area contributed by atoms with Crippen LogP contribution < -0.4 is 0 Å². The zero-order valence-corrected chi connectivity index (χ0v) is 12.7. The Morgan fingerprint density at radius 2 is 2.39 bits per heavy atom. The van der Waals surface area contributed by atoms with E-state index in [0.717, 1.165) is 5.56 Å². The van der Waals surface area contributed by atoms with Gasteiger partial charge in [0.05, 0.1) is 31.4 Å². The van der Waals surface area contributed by atoms with Crippen LogP contribution in [0.5, 0.6) is 0 Å². The van der Waals surface area contributed by atoms with Gasteiger partial charge in [0.25, 0.3) is 5.91 Å². The number of imidazole rings is 1. The molecule has 1 amide bonds. The number of aromatic amines is 1. The molecule has 1 aliphatic rings. The molecule has 23 heavy (non-hydrogen) atoms. The number of nitrogens with zero attached hydrogens (tertiary/aromatic N) is 2. The summed E-state index contributed by atoms with van der Waals surface area (Å²) in [6.07, 6.45) is 1.23. The molecule has 7 heteroatoms. The third kappa shape index (κ3) is 3.25. The zero-order valence-electron chi connectivity index (χ0n) is 12.7. The lowest BCUT2D eigenvalue weighted by Gasteiger charge is -2.34. The SMILES string of the molecule is Cc1cc(C2CN(C(=O)C(O)c3cnc[nH]3)CCO2)ccc1F. The average molecular weight is 319 g/mol. The normalized spacial score (nSPS) is 19.6. The van der Waals surface area contributed by atoms with E-state index in [4.69, 9.17) is 4.74 Å². The molecule has 2 heterocycles. The number of halogens is 1. The molecule has 3 rings (SSSR count). The first-order valence-electron chi connectivity index (χ1n) is 7.39. The summed E-state index contributed by atoms with van der Waals surface area (Å²) >= 11 is 0. The highest BCUT2D eigenvalue weighted by molar-refractivity contribution is 5.81. The number of aliphatic hydroxyl groups excluding tert-OH is 1. The molecule has 122 valence electrons. The van der Waals surface area contributed by atoms with Gasteiger partial charge in [-0.1, -0.05) is 12.1 Å². The molecule has 0 bridgehead atoms. The molecule has 0 saturated carbocycles. The van der Waals surface area contributed by atoms with Gasteiger partial charge in [-0.15, -0.1) is 0 Å². The van der Waals surface area contributed by atoms with Crippen molar-refractivity contribution in [2.75, 3.05) is 19.7 Å². The maximum absolute atomic E-state index is 13.4. The van der Waals surface area contributed by atoms with Crippen molar-refractivity contribution in [3.05, 3.63) is 53.4 Å². The summed E-state index contributed by atoms with van der Waals surface area (Å²) in [5.41, 5.74) is 1.71. The van der Waals surface area contributed by atoms with E-state index in [0.29, 0.717) is 31.0 Å². The largest absolute Gasteiger partial charge is 0.377 e. The van der Waals surface area contributed by atoms with Gasteiger partial charge in [0, 0.05) is 6.54 Å². The number of hydrogen-bond donors (Lipinski definition) is 2. The van der Waals surface area contributed by atoms with Crippen LogP contribution in [0.4, 0.5) is 4.39 Å². The number of benzene rings is 1. The number of rotatable bonds is 3. The van der Waals surface area contributed by atoms with Crippen LogP contribution in [0, 0.1) is 12.7 Å². The fourth-order valence-electron chi connectivity index (χ4n) is 2.64. The van der Waals surface area contributed by atoms with Crippen LogP contribution in [0.3, 0.4) is 0 Å². The molecule has 2 aromatic rings. The number of amides is 1. The lowest BCUT2D eigenvalue weighted by atomic mass is 10.0. The Morgan fingerprint density at radius 1 is 1.57 bits per heavy atom. The summed E-state index contributed by atoms with van der Waals surface area (Å²) < 4.78 is 19.1. The molecule has 0 radical (unpaired) electrons. The molecule has 0 spiro atoms. The standard InChI is InChI=1S/C16H18FN3O3/c1-10-6-11(2-3-12(10)17)14-8-20(4-5-23-14)16(22)15(21)13-7-18-9-19-13/h2-3,6-7,9,14-15,21H,4-5,8H2,1H3,(H,18,19). The van der Waals surface area contributed by atoms with Crippen molar-refractivity contribution in [3.8, 4) is 0 Å². The summed E-state index contributed by atoms with van der Waals surface area (Å²) in [7, 11) is 0. The number of aryl methyl sites for hydroxylation is 1. The number of hydrogen-bond acceptors (Lipinski definition) is 4. The van der Waals surface area contributed by atoms with Crippen molar-refractivity contribution < 1.29 is 19.0 Å². The van der Waals surface area contributed by atoms with E-state index < -0.39 is 12.0 Å². The van der Waals surface area contributed by atoms with Crippen LogP contribution in [0.2, 0.25) is 0 Å². The molecule has 0 aliphatic carbocycles. The number of aromatic nitrogens is 2. The highest BCUT2D eigenvalue weighted by Gasteiger charge is 2.30. The van der Waals surface area contributed by atoms with E-state index >= 15 is 0 Å². The summed E-state index contributed by atoms with van der Waals surface area (Å²) in [6.45, 7) is 2.77. The first-order chi connectivity index (χ1) is 11.1. The summed E-state index contributed by atoms with van der Waals surface area (Å²) in [4.78, 5) is 20.5. The fourth-order valence-corrected chi connectivity index (χ4v) is 2.64. The summed E-state index contributed by atoms with van der Waals surface area (Å²) in [6, 6.07) is 4.78. The van der Waals surface area contributed by atoms with Crippen molar-refractivity contribution in [1.82, 2.24) is 14.9 Å². The van der Waals surface area contributed by atoms with Crippen molar-refractivity contribution >= 4 is 5.91 Å².